The SMILES string of the molecule is CC(CN(C)C)Nc1ncc(C#Cc2cccc(NC(=O)Nc3cc(C(C)(C)C)on3)c2)cn1. The lowest BCUT2D eigenvalue weighted by molar-refractivity contribution is 0.262. The molecule has 9 nitrogen and oxygen atoms in total. The molecule has 2 aromatic heterocycles. The second kappa shape index (κ2) is 10.8. The van der Waals surface area contributed by atoms with Gasteiger partial charge in [0.1, 0.15) is 5.76 Å². The van der Waals surface area contributed by atoms with Crippen LogP contribution in [0.1, 0.15) is 44.6 Å². The number of amides is 2. The lowest BCUT2D eigenvalue weighted by Crippen LogP contribution is -2.30. The molecular formula is C25H31N7O2. The van der Waals surface area contributed by atoms with Gasteiger partial charge in [-0.05, 0) is 39.2 Å². The van der Waals surface area contributed by atoms with Crippen molar-refractivity contribution < 1.29 is 9.32 Å². The number of benzene rings is 1. The lowest BCUT2D eigenvalue weighted by atomic mass is 9.93. The highest BCUT2D eigenvalue weighted by Gasteiger charge is 2.20. The lowest BCUT2D eigenvalue weighted by Gasteiger charge is -2.17. The molecule has 1 aromatic carbocycles. The predicted octanol–water partition coefficient (Wildman–Crippen LogP) is 4.17. The van der Waals surface area contributed by atoms with Crippen LogP contribution in [-0.2, 0) is 5.41 Å². The molecule has 0 saturated heterocycles. The van der Waals surface area contributed by atoms with Crippen LogP contribution < -0.4 is 16.0 Å². The number of carbonyl (C=O) groups is 1. The van der Waals surface area contributed by atoms with Gasteiger partial charge in [-0.15, -0.1) is 0 Å². The standard InChI is InChI=1S/C25H31N7O2/c1-17(16-32(5)6)28-23-26-14-19(15-27-23)11-10-18-8-7-9-20(12-18)29-24(33)30-22-13-21(34-31-22)25(2,3)4/h7-9,12-15,17H,16H2,1-6H3,(H,26,27,28)(H2,29,30,31,33). The van der Waals surface area contributed by atoms with Crippen LogP contribution in [0.3, 0.4) is 0 Å². The van der Waals surface area contributed by atoms with Crippen molar-refractivity contribution in [2.45, 2.75) is 39.2 Å². The fourth-order valence-corrected chi connectivity index (χ4v) is 3.07. The molecule has 0 aliphatic carbocycles. The molecule has 1 atom stereocenters. The zero-order valence-corrected chi connectivity index (χ0v) is 20.4. The summed E-state index contributed by atoms with van der Waals surface area (Å²) in [5.74, 6) is 7.74. The Hall–Kier alpha value is -3.90. The molecule has 9 heteroatoms. The van der Waals surface area contributed by atoms with Crippen molar-refractivity contribution in [3.63, 3.8) is 0 Å². The van der Waals surface area contributed by atoms with E-state index in [2.05, 4.69) is 54.7 Å². The van der Waals surface area contributed by atoms with Gasteiger partial charge in [0.25, 0.3) is 0 Å². The Morgan fingerprint density at radius 3 is 2.44 bits per heavy atom. The van der Waals surface area contributed by atoms with E-state index in [9.17, 15) is 4.79 Å². The molecule has 0 spiro atoms. The monoisotopic (exact) mass is 461 g/mol. The molecular weight excluding hydrogens is 430 g/mol. The summed E-state index contributed by atoms with van der Waals surface area (Å²) in [6.45, 7) is 8.98. The van der Waals surface area contributed by atoms with Gasteiger partial charge in [0, 0.05) is 47.7 Å². The maximum Gasteiger partial charge on any atom is 0.324 e. The predicted molar refractivity (Wildman–Crippen MR) is 134 cm³/mol. The van der Waals surface area contributed by atoms with Gasteiger partial charge >= 0.3 is 6.03 Å². The highest BCUT2D eigenvalue weighted by atomic mass is 16.5. The molecule has 178 valence electrons. The molecule has 0 bridgehead atoms. The molecule has 0 aliphatic rings. The maximum absolute atomic E-state index is 12.3. The second-order valence-electron chi connectivity index (χ2n) is 9.34. The first-order chi connectivity index (χ1) is 16.1. The van der Waals surface area contributed by atoms with Crippen molar-refractivity contribution in [2.24, 2.45) is 0 Å². The van der Waals surface area contributed by atoms with Gasteiger partial charge in [-0.2, -0.15) is 0 Å². The molecule has 0 fully saturated rings. The van der Waals surface area contributed by atoms with Crippen LogP contribution in [0.15, 0.2) is 47.2 Å². The van der Waals surface area contributed by atoms with Crippen molar-refractivity contribution in [2.75, 3.05) is 36.6 Å². The summed E-state index contributed by atoms with van der Waals surface area (Å²) < 4.78 is 5.29. The third kappa shape index (κ3) is 7.60. The zero-order chi connectivity index (χ0) is 24.7. The van der Waals surface area contributed by atoms with E-state index in [0.717, 1.165) is 12.1 Å². The normalized spacial score (nSPS) is 12.0. The number of likely N-dealkylation sites (N-methyl/N-ethyl adjacent to an activating group) is 1. The van der Waals surface area contributed by atoms with Gasteiger partial charge in [0.05, 0.1) is 5.56 Å². The van der Waals surface area contributed by atoms with E-state index in [1.807, 2.05) is 47.0 Å². The Balaban J connectivity index is 1.58. The third-order valence-corrected chi connectivity index (χ3v) is 4.63. The van der Waals surface area contributed by atoms with Crippen LogP contribution in [0.2, 0.25) is 0 Å². The van der Waals surface area contributed by atoms with Gasteiger partial charge in [-0.1, -0.05) is 43.8 Å². The van der Waals surface area contributed by atoms with Crippen molar-refractivity contribution in [3.8, 4) is 11.8 Å². The smallest absolute Gasteiger partial charge is 0.324 e. The van der Waals surface area contributed by atoms with Crippen LogP contribution in [-0.4, -0.2) is 52.7 Å². The molecule has 2 amide bonds. The molecule has 3 rings (SSSR count). The fraction of sp³-hybridized carbons (Fsp3) is 0.360. The van der Waals surface area contributed by atoms with Gasteiger partial charge < -0.3 is 20.1 Å². The van der Waals surface area contributed by atoms with E-state index in [1.54, 1.807) is 30.6 Å². The number of carbonyl (C=O) groups excluding carboxylic acids is 1. The van der Waals surface area contributed by atoms with Gasteiger partial charge in [-0.25, -0.2) is 14.8 Å². The summed E-state index contributed by atoms with van der Waals surface area (Å²) in [4.78, 5) is 23.1. The summed E-state index contributed by atoms with van der Waals surface area (Å²) in [6.07, 6.45) is 3.37. The van der Waals surface area contributed by atoms with E-state index in [-0.39, 0.29) is 11.5 Å². The highest BCUT2D eigenvalue weighted by molar-refractivity contribution is 5.99. The number of anilines is 3. The zero-order valence-electron chi connectivity index (χ0n) is 20.4. The minimum atomic E-state index is -0.418. The van der Waals surface area contributed by atoms with E-state index < -0.39 is 6.03 Å². The third-order valence-electron chi connectivity index (χ3n) is 4.63. The quantitative estimate of drug-likeness (QED) is 0.473. The number of hydrogen-bond acceptors (Lipinski definition) is 7. The Kier molecular flexibility index (Phi) is 7.87. The molecule has 2 heterocycles. The molecule has 3 aromatic rings. The van der Waals surface area contributed by atoms with Crippen molar-refractivity contribution in [1.82, 2.24) is 20.0 Å². The molecule has 0 saturated carbocycles. The number of nitrogens with zero attached hydrogens (tertiary/aromatic N) is 4. The molecule has 0 radical (unpaired) electrons. The molecule has 1 unspecified atom stereocenters. The fourth-order valence-electron chi connectivity index (χ4n) is 3.07. The summed E-state index contributed by atoms with van der Waals surface area (Å²) >= 11 is 0. The van der Waals surface area contributed by atoms with Crippen LogP contribution in [0.4, 0.5) is 22.2 Å². The Labute approximate surface area is 200 Å². The molecule has 3 N–H and O–H groups in total. The summed E-state index contributed by atoms with van der Waals surface area (Å²) in [6, 6.07) is 8.78. The Bertz CT molecular complexity index is 1170. The summed E-state index contributed by atoms with van der Waals surface area (Å²) in [7, 11) is 4.04. The molecule has 34 heavy (non-hydrogen) atoms. The first-order valence-corrected chi connectivity index (χ1v) is 11.0. The number of hydrogen-bond donors (Lipinski definition) is 3. The highest BCUT2D eigenvalue weighted by Crippen LogP contribution is 2.24. The van der Waals surface area contributed by atoms with E-state index in [0.29, 0.717) is 28.8 Å². The first-order valence-electron chi connectivity index (χ1n) is 11.0. The maximum atomic E-state index is 12.3. The van der Waals surface area contributed by atoms with E-state index in [1.165, 1.54) is 0 Å². The Morgan fingerprint density at radius 2 is 1.79 bits per heavy atom. The largest absolute Gasteiger partial charge is 0.359 e. The number of nitrogens with one attached hydrogen (secondary N) is 3. The summed E-state index contributed by atoms with van der Waals surface area (Å²) in [5, 5.41) is 12.6. The number of aromatic nitrogens is 3. The van der Waals surface area contributed by atoms with Crippen molar-refractivity contribution in [3.05, 3.63) is 59.6 Å². The van der Waals surface area contributed by atoms with Crippen LogP contribution in [0.5, 0.6) is 0 Å². The van der Waals surface area contributed by atoms with Crippen molar-refractivity contribution in [1.29, 1.82) is 0 Å². The number of urea groups is 1. The van der Waals surface area contributed by atoms with Gasteiger partial charge in [-0.3, -0.25) is 5.32 Å². The molecule has 0 aliphatic heterocycles. The average molecular weight is 462 g/mol. The Morgan fingerprint density at radius 1 is 1.09 bits per heavy atom. The van der Waals surface area contributed by atoms with E-state index in [4.69, 9.17) is 4.52 Å². The first kappa shape index (κ1) is 24.7. The van der Waals surface area contributed by atoms with Gasteiger partial charge in [0.2, 0.25) is 5.95 Å². The van der Waals surface area contributed by atoms with Gasteiger partial charge in [0.15, 0.2) is 5.82 Å². The van der Waals surface area contributed by atoms with E-state index >= 15 is 0 Å². The second-order valence-corrected chi connectivity index (χ2v) is 9.34. The topological polar surface area (TPSA) is 108 Å². The summed E-state index contributed by atoms with van der Waals surface area (Å²) in [5.41, 5.74) is 1.86. The average Bonchev–Trinajstić information content (AvgIpc) is 3.22. The van der Waals surface area contributed by atoms with Crippen LogP contribution in [0.25, 0.3) is 0 Å². The van der Waals surface area contributed by atoms with Crippen LogP contribution >= 0.6 is 0 Å². The van der Waals surface area contributed by atoms with Crippen LogP contribution in [0, 0.1) is 11.8 Å². The number of rotatable bonds is 6. The minimum Gasteiger partial charge on any atom is -0.359 e. The minimum absolute atomic E-state index is 0.192. The van der Waals surface area contributed by atoms with Crippen molar-refractivity contribution >= 4 is 23.5 Å².